The van der Waals surface area contributed by atoms with Crippen LogP contribution in [0, 0.1) is 0 Å². The van der Waals surface area contributed by atoms with Crippen molar-refractivity contribution in [2.75, 3.05) is 0 Å². The van der Waals surface area contributed by atoms with Gasteiger partial charge in [-0.15, -0.1) is 4.67 Å². The van der Waals surface area contributed by atoms with Crippen molar-refractivity contribution in [2.45, 2.75) is 13.8 Å². The van der Waals surface area contributed by atoms with Crippen molar-refractivity contribution in [3.8, 4) is 0 Å². The lowest BCUT2D eigenvalue weighted by atomic mass is 10.8. The molecule has 0 N–H and O–H groups in total. The van der Waals surface area contributed by atoms with Crippen LogP contribution in [-0.4, -0.2) is 12.4 Å². The molecule has 0 radical (unpaired) electrons. The monoisotopic (exact) mass is 149 g/mol. The van der Waals surface area contributed by atoms with Crippen LogP contribution >= 0.6 is 0 Å². The van der Waals surface area contributed by atoms with Gasteiger partial charge in [-0.05, 0) is 0 Å². The molecule has 0 aliphatic carbocycles. The molecule has 0 aliphatic rings. The molecule has 0 spiro atoms. The Morgan fingerprint density at radius 2 is 1.50 bits per heavy atom. The lowest BCUT2D eigenvalue weighted by molar-refractivity contribution is -0.00000130. The fourth-order valence-corrected chi connectivity index (χ4v) is 0.149. The third-order valence-electron chi connectivity index (χ3n) is 0.298. The highest BCUT2D eigenvalue weighted by Gasteiger charge is 1.54. The second-order valence-electron chi connectivity index (χ2n) is 0.665. The largest absolute Gasteiger partial charge is 1.00 e. The zero-order valence-electron chi connectivity index (χ0n) is 3.98. The van der Waals surface area contributed by atoms with Gasteiger partial charge in [-0.2, -0.15) is 0 Å². The second kappa shape index (κ2) is 8.87. The Bertz CT molecular complexity index is 55.9. The van der Waals surface area contributed by atoms with Gasteiger partial charge in [0.05, 0.1) is 0 Å². The van der Waals surface area contributed by atoms with E-state index in [1.807, 2.05) is 13.8 Å². The molecular formula is C4H8BrN. The molecule has 0 aromatic carbocycles. The minimum Gasteiger partial charge on any atom is -1.00 e. The van der Waals surface area contributed by atoms with Crippen LogP contribution in [0.2, 0.25) is 0 Å². The SMILES string of the molecule is CC=[N+]=CC.[Br-]. The average Bonchev–Trinajstić information content (AvgIpc) is 1.41. The van der Waals surface area contributed by atoms with E-state index in [0.717, 1.165) is 0 Å². The molecule has 0 heterocycles. The van der Waals surface area contributed by atoms with E-state index < -0.39 is 0 Å². The average molecular weight is 150 g/mol. The highest BCUT2D eigenvalue weighted by atomic mass is 79.9. The quantitative estimate of drug-likeness (QED) is 0.262. The standard InChI is InChI=1S/C4H8N.BrH/c1-3-5-4-2;/h3-4H,1-2H3;1H/q+1;/p-1. The number of rotatable bonds is 0. The zero-order chi connectivity index (χ0) is 4.12. The van der Waals surface area contributed by atoms with E-state index in [1.165, 1.54) is 0 Å². The highest BCUT2D eigenvalue weighted by molar-refractivity contribution is 5.62. The Kier molecular flexibility index (Phi) is 13.8. The van der Waals surface area contributed by atoms with E-state index in [4.69, 9.17) is 0 Å². The lowest BCUT2D eigenvalue weighted by Gasteiger charge is -1.31. The van der Waals surface area contributed by atoms with Crippen LogP contribution in [0.1, 0.15) is 13.8 Å². The molecule has 0 saturated carbocycles. The van der Waals surface area contributed by atoms with Crippen LogP contribution in [0.5, 0.6) is 0 Å². The van der Waals surface area contributed by atoms with Crippen LogP contribution in [0.4, 0.5) is 0 Å². The van der Waals surface area contributed by atoms with Gasteiger partial charge in [0, 0.05) is 13.8 Å². The molecule has 36 valence electrons. The van der Waals surface area contributed by atoms with Crippen LogP contribution in [-0.2, 0) is 0 Å². The molecule has 6 heavy (non-hydrogen) atoms. The predicted molar refractivity (Wildman–Crippen MR) is 25.6 cm³/mol. The van der Waals surface area contributed by atoms with Gasteiger partial charge in [0.25, 0.3) is 12.4 Å². The summed E-state index contributed by atoms with van der Waals surface area (Å²) < 4.78 is 3.72. The summed E-state index contributed by atoms with van der Waals surface area (Å²) >= 11 is 0. The molecule has 0 aromatic rings. The fraction of sp³-hybridized carbons (Fsp3) is 0.500. The summed E-state index contributed by atoms with van der Waals surface area (Å²) in [7, 11) is 0. The lowest BCUT2D eigenvalue weighted by Crippen LogP contribution is -3.00. The number of halogens is 1. The first-order chi connectivity index (χ1) is 2.41. The Labute approximate surface area is 48.6 Å². The van der Waals surface area contributed by atoms with E-state index in [0.29, 0.717) is 0 Å². The fourth-order valence-electron chi connectivity index (χ4n) is 0.149. The molecule has 0 aromatic heterocycles. The Hall–Kier alpha value is -0.0700. The van der Waals surface area contributed by atoms with Crippen LogP contribution < -0.4 is 21.6 Å². The molecular weight excluding hydrogens is 142 g/mol. The van der Waals surface area contributed by atoms with E-state index in [1.54, 1.807) is 12.4 Å². The Balaban J connectivity index is 0. The first-order valence-electron chi connectivity index (χ1n) is 1.67. The van der Waals surface area contributed by atoms with E-state index >= 15 is 0 Å². The summed E-state index contributed by atoms with van der Waals surface area (Å²) in [5.41, 5.74) is 0. The molecule has 0 unspecified atom stereocenters. The van der Waals surface area contributed by atoms with Crippen molar-refractivity contribution in [3.05, 3.63) is 0 Å². The summed E-state index contributed by atoms with van der Waals surface area (Å²) in [4.78, 5) is 0. The molecule has 2 heteroatoms. The maximum Gasteiger partial charge on any atom is 0.265 e. The number of hydrogen-bond donors (Lipinski definition) is 0. The predicted octanol–water partition coefficient (Wildman–Crippen LogP) is -2.76. The normalized spacial score (nSPS) is 4.33. The van der Waals surface area contributed by atoms with Crippen molar-refractivity contribution in [2.24, 2.45) is 0 Å². The summed E-state index contributed by atoms with van der Waals surface area (Å²) in [6, 6.07) is 0. The van der Waals surface area contributed by atoms with E-state index in [9.17, 15) is 0 Å². The third kappa shape index (κ3) is 9.06. The highest BCUT2D eigenvalue weighted by Crippen LogP contribution is 1.23. The smallest absolute Gasteiger partial charge is 0.265 e. The Morgan fingerprint density at radius 1 is 1.17 bits per heavy atom. The zero-order valence-corrected chi connectivity index (χ0v) is 5.57. The molecule has 0 bridgehead atoms. The Morgan fingerprint density at radius 3 is 1.50 bits per heavy atom. The molecule has 0 fully saturated rings. The van der Waals surface area contributed by atoms with Crippen molar-refractivity contribution in [1.82, 2.24) is 4.67 Å². The van der Waals surface area contributed by atoms with Crippen molar-refractivity contribution in [3.63, 3.8) is 0 Å². The number of nitrogens with zero attached hydrogens (tertiary/aromatic N) is 1. The van der Waals surface area contributed by atoms with Crippen molar-refractivity contribution in [1.29, 1.82) is 0 Å². The first kappa shape index (κ1) is 9.33. The molecule has 0 atom stereocenters. The third-order valence-corrected chi connectivity index (χ3v) is 0.298. The summed E-state index contributed by atoms with van der Waals surface area (Å²) in [6.07, 6.45) is 3.50. The first-order valence-corrected chi connectivity index (χ1v) is 1.67. The van der Waals surface area contributed by atoms with Gasteiger partial charge in [0.15, 0.2) is 0 Å². The molecule has 0 aliphatic heterocycles. The summed E-state index contributed by atoms with van der Waals surface area (Å²) in [5, 5.41) is 0. The minimum atomic E-state index is 0. The van der Waals surface area contributed by atoms with Gasteiger partial charge in [0.2, 0.25) is 0 Å². The molecule has 0 rings (SSSR count). The van der Waals surface area contributed by atoms with Crippen molar-refractivity contribution < 1.29 is 17.0 Å². The molecule has 0 saturated heterocycles. The van der Waals surface area contributed by atoms with Gasteiger partial charge >= 0.3 is 0 Å². The second-order valence-corrected chi connectivity index (χ2v) is 0.665. The van der Waals surface area contributed by atoms with Crippen LogP contribution in [0.3, 0.4) is 0 Å². The maximum atomic E-state index is 3.72. The van der Waals surface area contributed by atoms with Crippen LogP contribution in [0.25, 0.3) is 0 Å². The van der Waals surface area contributed by atoms with Gasteiger partial charge in [-0.25, -0.2) is 0 Å². The summed E-state index contributed by atoms with van der Waals surface area (Å²) in [6.45, 7) is 3.78. The van der Waals surface area contributed by atoms with Gasteiger partial charge in [-0.3, -0.25) is 0 Å². The minimum absolute atomic E-state index is 0. The van der Waals surface area contributed by atoms with Crippen LogP contribution in [0.15, 0.2) is 0 Å². The van der Waals surface area contributed by atoms with Gasteiger partial charge in [-0.1, -0.05) is 0 Å². The van der Waals surface area contributed by atoms with E-state index in [2.05, 4.69) is 4.67 Å². The van der Waals surface area contributed by atoms with E-state index in [-0.39, 0.29) is 17.0 Å². The maximum absolute atomic E-state index is 3.72. The van der Waals surface area contributed by atoms with Crippen molar-refractivity contribution >= 4 is 12.4 Å². The van der Waals surface area contributed by atoms with Gasteiger partial charge in [0.1, 0.15) is 0 Å². The van der Waals surface area contributed by atoms with Gasteiger partial charge < -0.3 is 17.0 Å². The number of hydrogen-bond acceptors (Lipinski definition) is 0. The topological polar surface area (TPSA) is 14.1 Å². The molecule has 0 amide bonds. The molecule has 1 nitrogen and oxygen atoms in total. The summed E-state index contributed by atoms with van der Waals surface area (Å²) in [5.74, 6) is 0.